The van der Waals surface area contributed by atoms with E-state index in [1.165, 1.54) is 0 Å². The van der Waals surface area contributed by atoms with Crippen molar-refractivity contribution in [2.75, 3.05) is 19.0 Å². The van der Waals surface area contributed by atoms with Crippen molar-refractivity contribution in [3.8, 4) is 11.6 Å². The zero-order valence-corrected chi connectivity index (χ0v) is 8.27. The third kappa shape index (κ3) is 1.46. The highest BCUT2D eigenvalue weighted by Crippen LogP contribution is 2.16. The molecule has 2 heterocycles. The van der Waals surface area contributed by atoms with Crippen LogP contribution in [0, 0.1) is 6.92 Å². The highest BCUT2D eigenvalue weighted by atomic mass is 16.5. The lowest BCUT2D eigenvalue weighted by Crippen LogP contribution is -2.10. The smallest absolute Gasteiger partial charge is 0.277 e. The Morgan fingerprint density at radius 1 is 1.43 bits per heavy atom. The number of aromatic amines is 1. The second kappa shape index (κ2) is 3.13. The van der Waals surface area contributed by atoms with E-state index in [4.69, 9.17) is 4.52 Å². The minimum atomic E-state index is 0.453. The Hall–Kier alpha value is -1.85. The van der Waals surface area contributed by atoms with Gasteiger partial charge in [0.2, 0.25) is 0 Å². The van der Waals surface area contributed by atoms with Crippen LogP contribution in [0.25, 0.3) is 11.6 Å². The van der Waals surface area contributed by atoms with Gasteiger partial charge in [-0.3, -0.25) is 0 Å². The van der Waals surface area contributed by atoms with Gasteiger partial charge < -0.3 is 14.4 Å². The molecule has 0 saturated carbocycles. The Morgan fingerprint density at radius 3 is 2.71 bits per heavy atom. The second-order valence-corrected chi connectivity index (χ2v) is 3.18. The molecular weight excluding hydrogens is 182 g/mol. The summed E-state index contributed by atoms with van der Waals surface area (Å²) < 4.78 is 5.05. The van der Waals surface area contributed by atoms with Gasteiger partial charge in [0.25, 0.3) is 11.8 Å². The van der Waals surface area contributed by atoms with Gasteiger partial charge in [0, 0.05) is 14.1 Å². The molecule has 2 aromatic rings. The van der Waals surface area contributed by atoms with Gasteiger partial charge in [-0.15, -0.1) is 0 Å². The van der Waals surface area contributed by atoms with Gasteiger partial charge >= 0.3 is 0 Å². The molecule has 74 valence electrons. The lowest BCUT2D eigenvalue weighted by molar-refractivity contribution is 0.429. The highest BCUT2D eigenvalue weighted by molar-refractivity contribution is 5.47. The first kappa shape index (κ1) is 8.74. The summed E-state index contributed by atoms with van der Waals surface area (Å²) in [7, 11) is 3.71. The molecule has 0 saturated heterocycles. The SMILES string of the molecule is Cc1ncc(-c2nc(N(C)C)no2)[nH]1. The highest BCUT2D eigenvalue weighted by Gasteiger charge is 2.11. The number of aromatic nitrogens is 4. The van der Waals surface area contributed by atoms with E-state index in [9.17, 15) is 0 Å². The molecule has 0 spiro atoms. The summed E-state index contributed by atoms with van der Waals surface area (Å²) in [5.41, 5.74) is 0.739. The van der Waals surface area contributed by atoms with Gasteiger partial charge in [-0.1, -0.05) is 0 Å². The molecule has 2 rings (SSSR count). The fourth-order valence-electron chi connectivity index (χ4n) is 1.04. The first-order valence-corrected chi connectivity index (χ1v) is 4.20. The molecule has 0 radical (unpaired) electrons. The van der Waals surface area contributed by atoms with E-state index in [0.717, 1.165) is 11.5 Å². The Bertz CT molecular complexity index is 430. The molecule has 0 aromatic carbocycles. The van der Waals surface area contributed by atoms with Gasteiger partial charge in [0.1, 0.15) is 11.5 Å². The minimum Gasteiger partial charge on any atom is -0.344 e. The average molecular weight is 193 g/mol. The van der Waals surface area contributed by atoms with Crippen LogP contribution in [0.1, 0.15) is 5.82 Å². The number of anilines is 1. The molecule has 2 aromatic heterocycles. The van der Waals surface area contributed by atoms with Gasteiger partial charge in [0.15, 0.2) is 0 Å². The van der Waals surface area contributed by atoms with Crippen molar-refractivity contribution in [2.45, 2.75) is 6.92 Å². The van der Waals surface area contributed by atoms with Gasteiger partial charge in [-0.2, -0.15) is 4.98 Å². The molecule has 6 heteroatoms. The van der Waals surface area contributed by atoms with Crippen LogP contribution < -0.4 is 4.90 Å². The summed E-state index contributed by atoms with van der Waals surface area (Å²) in [4.78, 5) is 13.0. The van der Waals surface area contributed by atoms with Crippen LogP contribution in [0.5, 0.6) is 0 Å². The van der Waals surface area contributed by atoms with E-state index < -0.39 is 0 Å². The Kier molecular flexibility index (Phi) is 1.95. The van der Waals surface area contributed by atoms with Crippen molar-refractivity contribution in [3.05, 3.63) is 12.0 Å². The molecule has 1 N–H and O–H groups in total. The van der Waals surface area contributed by atoms with E-state index >= 15 is 0 Å². The number of rotatable bonds is 2. The topological polar surface area (TPSA) is 70.8 Å². The number of nitrogens with one attached hydrogen (secondary N) is 1. The molecule has 0 atom stereocenters. The molecule has 0 fully saturated rings. The minimum absolute atomic E-state index is 0.453. The first-order valence-electron chi connectivity index (χ1n) is 4.20. The average Bonchev–Trinajstić information content (AvgIpc) is 2.70. The largest absolute Gasteiger partial charge is 0.344 e. The maximum Gasteiger partial charge on any atom is 0.277 e. The number of nitrogens with zero attached hydrogens (tertiary/aromatic N) is 4. The third-order valence-corrected chi connectivity index (χ3v) is 1.75. The number of hydrogen-bond acceptors (Lipinski definition) is 5. The normalized spacial score (nSPS) is 10.5. The summed E-state index contributed by atoms with van der Waals surface area (Å²) in [5.74, 6) is 1.83. The summed E-state index contributed by atoms with van der Waals surface area (Å²) in [6.07, 6.45) is 1.67. The maximum absolute atomic E-state index is 5.05. The van der Waals surface area contributed by atoms with Crippen LogP contribution in [-0.2, 0) is 0 Å². The van der Waals surface area contributed by atoms with Crippen LogP contribution in [0.3, 0.4) is 0 Å². The summed E-state index contributed by atoms with van der Waals surface area (Å²) in [5, 5.41) is 3.79. The van der Waals surface area contributed by atoms with Crippen LogP contribution in [0.2, 0.25) is 0 Å². The quantitative estimate of drug-likeness (QED) is 0.765. The van der Waals surface area contributed by atoms with Crippen molar-refractivity contribution >= 4 is 5.95 Å². The Balaban J connectivity index is 2.33. The first-order chi connectivity index (χ1) is 6.66. The van der Waals surface area contributed by atoms with Crippen molar-refractivity contribution < 1.29 is 4.52 Å². The number of imidazole rings is 1. The van der Waals surface area contributed by atoms with Gasteiger partial charge in [-0.25, -0.2) is 4.98 Å². The standard InChI is InChI=1S/C8H11N5O/c1-5-9-4-6(10-5)7-11-8(12-14-7)13(2)3/h4H,1-3H3,(H,9,10). The van der Waals surface area contributed by atoms with E-state index in [1.807, 2.05) is 21.0 Å². The van der Waals surface area contributed by atoms with Crippen LogP contribution in [-0.4, -0.2) is 34.2 Å². The number of aryl methyl sites for hydroxylation is 1. The van der Waals surface area contributed by atoms with E-state index in [-0.39, 0.29) is 0 Å². The van der Waals surface area contributed by atoms with E-state index in [1.54, 1.807) is 11.1 Å². The zero-order valence-electron chi connectivity index (χ0n) is 8.27. The molecule has 0 bridgehead atoms. The predicted molar refractivity (Wildman–Crippen MR) is 50.9 cm³/mol. The Morgan fingerprint density at radius 2 is 2.21 bits per heavy atom. The van der Waals surface area contributed by atoms with Crippen molar-refractivity contribution in [3.63, 3.8) is 0 Å². The maximum atomic E-state index is 5.05. The summed E-state index contributed by atoms with van der Waals surface area (Å²) in [6.45, 7) is 1.87. The molecule has 0 aliphatic heterocycles. The van der Waals surface area contributed by atoms with Crippen molar-refractivity contribution in [2.24, 2.45) is 0 Å². The molecular formula is C8H11N5O. The van der Waals surface area contributed by atoms with Crippen LogP contribution in [0.4, 0.5) is 5.95 Å². The molecule has 0 amide bonds. The van der Waals surface area contributed by atoms with Gasteiger partial charge in [0.05, 0.1) is 6.20 Å². The van der Waals surface area contributed by atoms with E-state index in [0.29, 0.717) is 11.8 Å². The summed E-state index contributed by atoms with van der Waals surface area (Å²) >= 11 is 0. The number of hydrogen-bond donors (Lipinski definition) is 1. The van der Waals surface area contributed by atoms with Crippen LogP contribution in [0.15, 0.2) is 10.7 Å². The fourth-order valence-corrected chi connectivity index (χ4v) is 1.04. The summed E-state index contributed by atoms with van der Waals surface area (Å²) in [6, 6.07) is 0. The zero-order chi connectivity index (χ0) is 10.1. The van der Waals surface area contributed by atoms with Crippen molar-refractivity contribution in [1.29, 1.82) is 0 Å². The van der Waals surface area contributed by atoms with Crippen molar-refractivity contribution in [1.82, 2.24) is 20.1 Å². The second-order valence-electron chi connectivity index (χ2n) is 3.18. The van der Waals surface area contributed by atoms with Crippen LogP contribution >= 0.6 is 0 Å². The predicted octanol–water partition coefficient (Wildman–Crippen LogP) is 0.834. The molecule has 0 aliphatic rings. The molecule has 0 unspecified atom stereocenters. The van der Waals surface area contributed by atoms with E-state index in [2.05, 4.69) is 20.1 Å². The lowest BCUT2D eigenvalue weighted by Gasteiger charge is -2.01. The monoisotopic (exact) mass is 193 g/mol. The molecule has 6 nitrogen and oxygen atoms in total. The third-order valence-electron chi connectivity index (χ3n) is 1.75. The molecule has 0 aliphatic carbocycles. The molecule has 14 heavy (non-hydrogen) atoms. The number of H-pyrrole nitrogens is 1. The van der Waals surface area contributed by atoms with Gasteiger partial charge in [-0.05, 0) is 12.1 Å². The fraction of sp³-hybridized carbons (Fsp3) is 0.375. The Labute approximate surface area is 81.0 Å². The lowest BCUT2D eigenvalue weighted by atomic mass is 10.5.